The van der Waals surface area contributed by atoms with E-state index in [-0.39, 0.29) is 18.1 Å². The number of carbonyl (C=O) groups is 1. The molecule has 4 rings (SSSR count). The molecule has 1 amide bonds. The van der Waals surface area contributed by atoms with E-state index in [1.54, 1.807) is 62.9 Å². The number of nitrogens with zero attached hydrogens (tertiary/aromatic N) is 4. The fourth-order valence-electron chi connectivity index (χ4n) is 4.04. The Morgan fingerprint density at radius 1 is 1.05 bits per heavy atom. The predicted molar refractivity (Wildman–Crippen MR) is 135 cm³/mol. The number of hydrogen-bond acceptors (Lipinski definition) is 6. The summed E-state index contributed by atoms with van der Waals surface area (Å²) >= 11 is 0. The van der Waals surface area contributed by atoms with E-state index in [0.29, 0.717) is 36.6 Å². The van der Waals surface area contributed by atoms with E-state index in [4.69, 9.17) is 14.6 Å². The first-order valence-corrected chi connectivity index (χ1v) is 12.2. The Labute approximate surface area is 218 Å². The Balaban J connectivity index is 1.78. The highest BCUT2D eigenvalue weighted by Gasteiger charge is 2.32. The lowest BCUT2D eigenvalue weighted by atomic mass is 10.1. The van der Waals surface area contributed by atoms with Crippen molar-refractivity contribution in [1.82, 2.24) is 14.6 Å². The maximum Gasteiger partial charge on any atom is 0.416 e. The standard InChI is InChI=1S/C27H29F3N4O4/c1-5-33(19-13-11-18(12-14-19)27(28,29)30)24-31-22-15-16-32(25(36)37-26(2,3)4)17-21(22)23(35)34(24)38-20-9-7-6-8-10-20/h6-14H,5,15-17H2,1-4H3. The first-order valence-electron chi connectivity index (χ1n) is 12.2. The van der Waals surface area contributed by atoms with Crippen LogP contribution in [0.15, 0.2) is 59.4 Å². The van der Waals surface area contributed by atoms with Crippen molar-refractivity contribution in [2.75, 3.05) is 18.0 Å². The van der Waals surface area contributed by atoms with Gasteiger partial charge in [0.2, 0.25) is 5.95 Å². The highest BCUT2D eigenvalue weighted by atomic mass is 19.4. The van der Waals surface area contributed by atoms with E-state index in [2.05, 4.69) is 0 Å². The topological polar surface area (TPSA) is 76.9 Å². The lowest BCUT2D eigenvalue weighted by Gasteiger charge is -2.32. The number of hydrogen-bond donors (Lipinski definition) is 0. The molecule has 0 saturated carbocycles. The van der Waals surface area contributed by atoms with Gasteiger partial charge >= 0.3 is 12.3 Å². The maximum absolute atomic E-state index is 13.8. The van der Waals surface area contributed by atoms with Crippen molar-refractivity contribution < 1.29 is 27.5 Å². The quantitative estimate of drug-likeness (QED) is 0.430. The molecule has 0 fully saturated rings. The van der Waals surface area contributed by atoms with Crippen LogP contribution in [0.1, 0.15) is 44.5 Å². The zero-order valence-electron chi connectivity index (χ0n) is 21.6. The summed E-state index contributed by atoms with van der Waals surface area (Å²) in [6.07, 6.45) is -4.71. The van der Waals surface area contributed by atoms with Gasteiger partial charge in [0.05, 0.1) is 23.4 Å². The fraction of sp³-hybridized carbons (Fsp3) is 0.370. The molecule has 38 heavy (non-hydrogen) atoms. The summed E-state index contributed by atoms with van der Waals surface area (Å²) < 4.78 is 45.9. The van der Waals surface area contributed by atoms with E-state index >= 15 is 0 Å². The molecule has 0 saturated heterocycles. The molecule has 0 radical (unpaired) electrons. The van der Waals surface area contributed by atoms with Crippen LogP contribution < -0.4 is 15.3 Å². The molecule has 2 aromatic carbocycles. The number of rotatable bonds is 5. The molecular formula is C27H29F3N4O4. The van der Waals surface area contributed by atoms with Crippen LogP contribution in [0.2, 0.25) is 0 Å². The van der Waals surface area contributed by atoms with Gasteiger partial charge in [0, 0.05) is 25.2 Å². The molecule has 1 aliphatic rings. The van der Waals surface area contributed by atoms with Crippen LogP contribution in [-0.4, -0.2) is 39.4 Å². The van der Waals surface area contributed by atoms with Crippen LogP contribution in [0, 0.1) is 0 Å². The average Bonchev–Trinajstić information content (AvgIpc) is 2.86. The third-order valence-corrected chi connectivity index (χ3v) is 5.83. The minimum Gasteiger partial charge on any atom is -0.444 e. The number of anilines is 2. The molecule has 1 aliphatic heterocycles. The minimum atomic E-state index is -4.47. The van der Waals surface area contributed by atoms with Gasteiger partial charge in [-0.15, -0.1) is 4.73 Å². The Kier molecular flexibility index (Phi) is 7.39. The lowest BCUT2D eigenvalue weighted by molar-refractivity contribution is -0.137. The smallest absolute Gasteiger partial charge is 0.416 e. The maximum atomic E-state index is 13.8. The third kappa shape index (κ3) is 5.92. The Morgan fingerprint density at radius 3 is 2.29 bits per heavy atom. The number of para-hydroxylation sites is 1. The van der Waals surface area contributed by atoms with Gasteiger partial charge in [0.15, 0.2) is 5.75 Å². The third-order valence-electron chi connectivity index (χ3n) is 5.83. The Bertz CT molecular complexity index is 1350. The molecule has 11 heteroatoms. The zero-order valence-corrected chi connectivity index (χ0v) is 21.6. The number of alkyl halides is 3. The van der Waals surface area contributed by atoms with Crippen LogP contribution in [0.25, 0.3) is 0 Å². The number of fused-ring (bicyclic) bond motifs is 1. The molecule has 0 spiro atoms. The molecule has 3 aromatic rings. The summed E-state index contributed by atoms with van der Waals surface area (Å²) in [5.41, 5.74) is -0.819. The van der Waals surface area contributed by atoms with E-state index in [1.165, 1.54) is 17.0 Å². The molecule has 0 bridgehead atoms. The molecule has 202 valence electrons. The van der Waals surface area contributed by atoms with E-state index < -0.39 is 29.0 Å². The van der Waals surface area contributed by atoms with Crippen LogP contribution in [0.4, 0.5) is 29.6 Å². The molecular weight excluding hydrogens is 501 g/mol. The second kappa shape index (κ2) is 10.4. The summed E-state index contributed by atoms with van der Waals surface area (Å²) in [6.45, 7) is 7.65. The monoisotopic (exact) mass is 530 g/mol. The molecule has 0 unspecified atom stereocenters. The van der Waals surface area contributed by atoms with E-state index in [9.17, 15) is 22.8 Å². The van der Waals surface area contributed by atoms with Crippen LogP contribution in [0.3, 0.4) is 0 Å². The van der Waals surface area contributed by atoms with Gasteiger partial charge in [0.25, 0.3) is 5.56 Å². The highest BCUT2D eigenvalue weighted by molar-refractivity contribution is 5.68. The van der Waals surface area contributed by atoms with Gasteiger partial charge < -0.3 is 19.4 Å². The number of amides is 1. The second-order valence-corrected chi connectivity index (χ2v) is 9.78. The fourth-order valence-corrected chi connectivity index (χ4v) is 4.04. The number of benzene rings is 2. The van der Waals surface area contributed by atoms with Crippen molar-refractivity contribution >= 4 is 17.7 Å². The van der Waals surface area contributed by atoms with Crippen molar-refractivity contribution in [3.8, 4) is 5.75 Å². The van der Waals surface area contributed by atoms with Crippen LogP contribution in [0.5, 0.6) is 5.75 Å². The van der Waals surface area contributed by atoms with Crippen molar-refractivity contribution in [2.24, 2.45) is 0 Å². The molecule has 0 aliphatic carbocycles. The van der Waals surface area contributed by atoms with Crippen molar-refractivity contribution in [1.29, 1.82) is 0 Å². The summed E-state index contributed by atoms with van der Waals surface area (Å²) in [4.78, 5) is 40.2. The van der Waals surface area contributed by atoms with Gasteiger partial charge in [-0.2, -0.15) is 13.2 Å². The molecule has 0 atom stereocenters. The number of aromatic nitrogens is 2. The molecule has 2 heterocycles. The first-order chi connectivity index (χ1) is 17.9. The minimum absolute atomic E-state index is 0.0130. The first kappa shape index (κ1) is 27.0. The van der Waals surface area contributed by atoms with Gasteiger partial charge in [-0.25, -0.2) is 9.78 Å². The van der Waals surface area contributed by atoms with Gasteiger partial charge in [0.1, 0.15) is 5.60 Å². The summed E-state index contributed by atoms with van der Waals surface area (Å²) in [5.74, 6) is 0.478. The SMILES string of the molecule is CCN(c1ccc(C(F)(F)F)cc1)c1nc2c(c(=O)n1Oc1ccccc1)CN(C(=O)OC(C)(C)C)CC2. The summed E-state index contributed by atoms with van der Waals surface area (Å²) in [7, 11) is 0. The van der Waals surface area contributed by atoms with Crippen LogP contribution >= 0.6 is 0 Å². The Morgan fingerprint density at radius 2 is 1.71 bits per heavy atom. The van der Waals surface area contributed by atoms with Crippen molar-refractivity contribution in [2.45, 2.75) is 52.4 Å². The van der Waals surface area contributed by atoms with Gasteiger partial charge in [-0.3, -0.25) is 4.79 Å². The summed E-state index contributed by atoms with van der Waals surface area (Å²) in [6, 6.07) is 13.2. The Hall–Kier alpha value is -4.02. The number of halogens is 3. The normalized spacial score (nSPS) is 13.6. The summed E-state index contributed by atoms with van der Waals surface area (Å²) in [5, 5.41) is 0. The van der Waals surface area contributed by atoms with Gasteiger partial charge in [-0.05, 0) is 64.1 Å². The largest absolute Gasteiger partial charge is 0.444 e. The molecule has 0 N–H and O–H groups in total. The second-order valence-electron chi connectivity index (χ2n) is 9.78. The van der Waals surface area contributed by atoms with Crippen molar-refractivity contribution in [3.05, 3.63) is 81.8 Å². The number of carbonyl (C=O) groups excluding carboxylic acids is 1. The lowest BCUT2D eigenvalue weighted by Crippen LogP contribution is -2.44. The molecule has 1 aromatic heterocycles. The molecule has 8 nitrogen and oxygen atoms in total. The predicted octanol–water partition coefficient (Wildman–Crippen LogP) is 5.56. The van der Waals surface area contributed by atoms with Gasteiger partial charge in [-0.1, -0.05) is 18.2 Å². The highest BCUT2D eigenvalue weighted by Crippen LogP contribution is 2.32. The van der Waals surface area contributed by atoms with Crippen LogP contribution in [-0.2, 0) is 23.9 Å². The van der Waals surface area contributed by atoms with E-state index in [1.807, 2.05) is 0 Å². The average molecular weight is 531 g/mol. The number of ether oxygens (including phenoxy) is 1. The zero-order chi connectivity index (χ0) is 27.7. The van der Waals surface area contributed by atoms with Crippen molar-refractivity contribution in [3.63, 3.8) is 0 Å². The van der Waals surface area contributed by atoms with E-state index in [0.717, 1.165) is 16.9 Å².